The molecule has 0 radical (unpaired) electrons. The van der Waals surface area contributed by atoms with Crippen LogP contribution >= 0.6 is 12.2 Å². The smallest absolute Gasteiger partial charge is 0.0703 e. The van der Waals surface area contributed by atoms with Crippen LogP contribution in [0, 0.1) is 23.2 Å². The molecule has 2 saturated carbocycles. The van der Waals surface area contributed by atoms with Crippen LogP contribution in [0.4, 0.5) is 0 Å². The van der Waals surface area contributed by atoms with E-state index in [-0.39, 0.29) is 0 Å². The van der Waals surface area contributed by atoms with Crippen LogP contribution in [-0.2, 0) is 0 Å². The summed E-state index contributed by atoms with van der Waals surface area (Å²) in [5.41, 5.74) is 1.81. The fourth-order valence-electron chi connectivity index (χ4n) is 4.33. The van der Waals surface area contributed by atoms with Crippen molar-refractivity contribution >= 4 is 17.4 Å². The molecule has 0 heterocycles. The van der Waals surface area contributed by atoms with E-state index in [9.17, 15) is 0 Å². The van der Waals surface area contributed by atoms with Crippen molar-refractivity contribution in [1.29, 1.82) is 0 Å². The van der Waals surface area contributed by atoms with Gasteiger partial charge in [-0.3, -0.25) is 0 Å². The van der Waals surface area contributed by atoms with Gasteiger partial charge in [-0.2, -0.15) is 0 Å². The molecule has 0 aromatic carbocycles. The molecular weight excluding hydrogens is 238 g/mol. The van der Waals surface area contributed by atoms with Crippen LogP contribution in [0.25, 0.3) is 0 Å². The Kier molecular flexibility index (Phi) is 4.08. The van der Waals surface area contributed by atoms with Crippen molar-refractivity contribution < 1.29 is 0 Å². The predicted molar refractivity (Wildman–Crippen MR) is 81.0 cm³/mol. The minimum absolute atomic E-state index is 0.328. The normalized spacial score (nSPS) is 40.2. The molecule has 1 nitrogen and oxygen atoms in total. The zero-order valence-electron chi connectivity index (χ0n) is 11.9. The second-order valence-electron chi connectivity index (χ2n) is 6.80. The third-order valence-electron chi connectivity index (χ3n) is 5.32. The standard InChI is InChI=1S/C16H25NS/c1-11(2)13-7-9-16(4)8-5-6-12(3)14(16)15(13)17-10-18/h11,13-15H,3,5-9H2,1-2,4H3/t13-,14+,15-,16-/m1/s1. The van der Waals surface area contributed by atoms with Crippen LogP contribution in [0.2, 0.25) is 0 Å². The van der Waals surface area contributed by atoms with Crippen LogP contribution in [0.3, 0.4) is 0 Å². The van der Waals surface area contributed by atoms with Gasteiger partial charge in [0.15, 0.2) is 0 Å². The van der Waals surface area contributed by atoms with Gasteiger partial charge < -0.3 is 0 Å². The molecule has 2 aliphatic rings. The van der Waals surface area contributed by atoms with Crippen molar-refractivity contribution in [2.45, 2.75) is 58.9 Å². The highest BCUT2D eigenvalue weighted by molar-refractivity contribution is 7.78. The summed E-state index contributed by atoms with van der Waals surface area (Å²) in [6, 6.07) is 0.328. The summed E-state index contributed by atoms with van der Waals surface area (Å²) in [5, 5.41) is 2.66. The zero-order chi connectivity index (χ0) is 13.3. The molecule has 2 rings (SSSR count). The first kappa shape index (κ1) is 14.0. The third kappa shape index (κ3) is 2.33. The van der Waals surface area contributed by atoms with Gasteiger partial charge >= 0.3 is 0 Å². The molecule has 0 aromatic rings. The zero-order valence-corrected chi connectivity index (χ0v) is 12.7. The maximum atomic E-state index is 4.89. The van der Waals surface area contributed by atoms with E-state index in [1.165, 1.54) is 37.7 Å². The van der Waals surface area contributed by atoms with E-state index in [0.29, 0.717) is 29.2 Å². The highest BCUT2D eigenvalue weighted by atomic mass is 32.1. The Morgan fingerprint density at radius 2 is 2.17 bits per heavy atom. The molecule has 0 amide bonds. The number of hydrogen-bond acceptors (Lipinski definition) is 2. The van der Waals surface area contributed by atoms with E-state index in [1.54, 1.807) is 0 Å². The maximum Gasteiger partial charge on any atom is 0.0703 e. The first-order valence-corrected chi connectivity index (χ1v) is 7.65. The lowest BCUT2D eigenvalue weighted by molar-refractivity contribution is 0.0384. The monoisotopic (exact) mass is 263 g/mol. The van der Waals surface area contributed by atoms with Crippen molar-refractivity contribution in [3.8, 4) is 0 Å². The second-order valence-corrected chi connectivity index (χ2v) is 6.98. The first-order valence-electron chi connectivity index (χ1n) is 7.24. The Morgan fingerprint density at radius 1 is 1.44 bits per heavy atom. The maximum absolute atomic E-state index is 4.89. The summed E-state index contributed by atoms with van der Waals surface area (Å²) in [5.74, 6) is 1.85. The Hall–Kier alpha value is -0.460. The minimum atomic E-state index is 0.328. The average Bonchev–Trinajstić information content (AvgIpc) is 2.28. The largest absolute Gasteiger partial charge is 0.228 e. The first-order chi connectivity index (χ1) is 8.49. The molecule has 4 atom stereocenters. The highest BCUT2D eigenvalue weighted by Gasteiger charge is 2.49. The Bertz CT molecular complexity index is 381. The molecule has 18 heavy (non-hydrogen) atoms. The van der Waals surface area contributed by atoms with Crippen LogP contribution < -0.4 is 0 Å². The van der Waals surface area contributed by atoms with Crippen LogP contribution in [0.1, 0.15) is 52.9 Å². The van der Waals surface area contributed by atoms with Gasteiger partial charge in [-0.15, -0.1) is 0 Å². The van der Waals surface area contributed by atoms with Crippen LogP contribution in [-0.4, -0.2) is 11.2 Å². The lowest BCUT2D eigenvalue weighted by Gasteiger charge is -2.52. The van der Waals surface area contributed by atoms with E-state index in [4.69, 9.17) is 12.2 Å². The average molecular weight is 263 g/mol. The minimum Gasteiger partial charge on any atom is -0.228 e. The van der Waals surface area contributed by atoms with Gasteiger partial charge in [0.2, 0.25) is 0 Å². The van der Waals surface area contributed by atoms with E-state index in [2.05, 4.69) is 37.5 Å². The molecule has 0 aliphatic heterocycles. The van der Waals surface area contributed by atoms with E-state index >= 15 is 0 Å². The summed E-state index contributed by atoms with van der Waals surface area (Å²) >= 11 is 4.89. The topological polar surface area (TPSA) is 12.4 Å². The number of aliphatic imine (C=N–C) groups is 1. The Balaban J connectivity index is 2.36. The number of hydrogen-bond donors (Lipinski definition) is 0. The highest BCUT2D eigenvalue weighted by Crippen LogP contribution is 2.55. The summed E-state index contributed by atoms with van der Waals surface area (Å²) < 4.78 is 0. The summed E-state index contributed by atoms with van der Waals surface area (Å²) in [4.78, 5) is 4.57. The number of thiocarbonyl (C=S) groups is 1. The van der Waals surface area contributed by atoms with Crippen LogP contribution in [0.5, 0.6) is 0 Å². The van der Waals surface area contributed by atoms with Crippen molar-refractivity contribution in [2.24, 2.45) is 28.2 Å². The summed E-state index contributed by atoms with van der Waals surface area (Å²) in [7, 11) is 0. The molecule has 2 heteroatoms. The fourth-order valence-corrected chi connectivity index (χ4v) is 4.45. The predicted octanol–water partition coefficient (Wildman–Crippen LogP) is 4.89. The van der Waals surface area contributed by atoms with Gasteiger partial charge in [-0.1, -0.05) is 32.9 Å². The van der Waals surface area contributed by atoms with Crippen LogP contribution in [0.15, 0.2) is 17.1 Å². The Labute approximate surface area is 117 Å². The van der Waals surface area contributed by atoms with Gasteiger partial charge in [0, 0.05) is 5.92 Å². The van der Waals surface area contributed by atoms with Crippen molar-refractivity contribution in [1.82, 2.24) is 0 Å². The molecule has 2 fully saturated rings. The third-order valence-corrected chi connectivity index (χ3v) is 5.43. The van der Waals surface area contributed by atoms with Gasteiger partial charge in [-0.25, -0.2) is 4.99 Å². The number of rotatable bonds is 2. The summed E-state index contributed by atoms with van der Waals surface area (Å²) in [6.07, 6.45) is 6.40. The number of fused-ring (bicyclic) bond motifs is 1. The molecule has 0 saturated heterocycles. The lowest BCUT2D eigenvalue weighted by Crippen LogP contribution is -2.48. The number of isothiocyanates is 1. The van der Waals surface area contributed by atoms with Gasteiger partial charge in [0.1, 0.15) is 0 Å². The molecular formula is C16H25NS. The van der Waals surface area contributed by atoms with Gasteiger partial charge in [0.05, 0.1) is 11.2 Å². The molecule has 0 unspecified atom stereocenters. The lowest BCUT2D eigenvalue weighted by atomic mass is 9.54. The van der Waals surface area contributed by atoms with Gasteiger partial charge in [-0.05, 0) is 61.6 Å². The Morgan fingerprint density at radius 3 is 2.78 bits per heavy atom. The summed E-state index contributed by atoms with van der Waals surface area (Å²) in [6.45, 7) is 11.4. The molecule has 2 aliphatic carbocycles. The number of nitrogens with zero attached hydrogens (tertiary/aromatic N) is 1. The second kappa shape index (κ2) is 5.27. The van der Waals surface area contributed by atoms with E-state index < -0.39 is 0 Å². The van der Waals surface area contributed by atoms with E-state index in [1.807, 2.05) is 0 Å². The SMILES string of the molecule is C=C1CCC[C@]2(C)CC[C@H](C(C)C)[C@@H](N=C=S)[C@H]12. The van der Waals surface area contributed by atoms with Crippen molar-refractivity contribution in [3.05, 3.63) is 12.2 Å². The molecule has 0 N–H and O–H groups in total. The van der Waals surface area contributed by atoms with E-state index in [0.717, 1.165) is 0 Å². The van der Waals surface area contributed by atoms with Crippen molar-refractivity contribution in [3.63, 3.8) is 0 Å². The van der Waals surface area contributed by atoms with Gasteiger partial charge in [0.25, 0.3) is 0 Å². The molecule has 0 spiro atoms. The fraction of sp³-hybridized carbons (Fsp3) is 0.812. The molecule has 0 aromatic heterocycles. The molecule has 0 bridgehead atoms. The quantitative estimate of drug-likeness (QED) is 0.393. The molecule has 100 valence electrons. The van der Waals surface area contributed by atoms with Crippen molar-refractivity contribution in [2.75, 3.05) is 0 Å².